The summed E-state index contributed by atoms with van der Waals surface area (Å²) in [5.41, 5.74) is 2.99. The van der Waals surface area contributed by atoms with E-state index < -0.39 is 0 Å². The molecule has 168 valence electrons. The van der Waals surface area contributed by atoms with Crippen molar-refractivity contribution in [2.24, 2.45) is 0 Å². The van der Waals surface area contributed by atoms with Crippen LogP contribution in [0.5, 0.6) is 11.5 Å². The number of rotatable bonds is 8. The van der Waals surface area contributed by atoms with Crippen LogP contribution in [-0.4, -0.2) is 41.4 Å². The van der Waals surface area contributed by atoms with Crippen molar-refractivity contribution in [2.45, 2.75) is 6.42 Å². The highest BCUT2D eigenvalue weighted by molar-refractivity contribution is 5.94. The third kappa shape index (κ3) is 5.01. The summed E-state index contributed by atoms with van der Waals surface area (Å²) < 4.78 is 25.7. The fourth-order valence-corrected chi connectivity index (χ4v) is 3.40. The van der Waals surface area contributed by atoms with Crippen molar-refractivity contribution in [1.29, 1.82) is 0 Å². The number of pyridine rings is 1. The van der Waals surface area contributed by atoms with E-state index in [1.165, 1.54) is 16.8 Å². The van der Waals surface area contributed by atoms with Crippen LogP contribution in [-0.2, 0) is 6.42 Å². The predicted octanol–water partition coefficient (Wildman–Crippen LogP) is 4.06. The lowest BCUT2D eigenvalue weighted by Crippen LogP contribution is -2.28. The molecule has 0 fully saturated rings. The van der Waals surface area contributed by atoms with Crippen LogP contribution < -0.4 is 14.8 Å². The number of halogens is 1. The maximum atomic E-state index is 13.5. The molecule has 0 aliphatic heterocycles. The van der Waals surface area contributed by atoms with E-state index in [1.54, 1.807) is 50.7 Å². The first kappa shape index (κ1) is 22.0. The van der Waals surface area contributed by atoms with Gasteiger partial charge in [0.2, 0.25) is 0 Å². The Morgan fingerprint density at radius 3 is 2.55 bits per heavy atom. The van der Waals surface area contributed by atoms with Gasteiger partial charge in [-0.2, -0.15) is 5.10 Å². The Morgan fingerprint density at radius 2 is 1.85 bits per heavy atom. The number of hydrogen-bond donors (Lipinski definition) is 1. The summed E-state index contributed by atoms with van der Waals surface area (Å²) in [6.07, 6.45) is 2.31. The van der Waals surface area contributed by atoms with Crippen molar-refractivity contribution >= 4 is 5.91 Å². The van der Waals surface area contributed by atoms with Crippen molar-refractivity contribution in [3.8, 4) is 28.4 Å². The zero-order valence-corrected chi connectivity index (χ0v) is 18.3. The number of amides is 1. The van der Waals surface area contributed by atoms with Crippen molar-refractivity contribution in [3.63, 3.8) is 0 Å². The molecule has 2 heterocycles. The summed E-state index contributed by atoms with van der Waals surface area (Å²) in [5, 5.41) is 7.55. The quantitative estimate of drug-likeness (QED) is 0.442. The van der Waals surface area contributed by atoms with Gasteiger partial charge in [0, 0.05) is 36.5 Å². The molecule has 4 aromatic rings. The maximum absolute atomic E-state index is 13.5. The molecule has 1 amide bonds. The van der Waals surface area contributed by atoms with Crippen LogP contribution in [0, 0.1) is 5.82 Å². The Kier molecular flexibility index (Phi) is 6.64. The summed E-state index contributed by atoms with van der Waals surface area (Å²) in [4.78, 5) is 17.3. The molecule has 2 aromatic carbocycles. The molecule has 0 spiro atoms. The van der Waals surface area contributed by atoms with Gasteiger partial charge in [-0.25, -0.2) is 9.07 Å². The average Bonchev–Trinajstić information content (AvgIpc) is 3.30. The van der Waals surface area contributed by atoms with Gasteiger partial charge in [-0.15, -0.1) is 0 Å². The predicted molar refractivity (Wildman–Crippen MR) is 122 cm³/mol. The van der Waals surface area contributed by atoms with Gasteiger partial charge in [0.05, 0.1) is 25.6 Å². The molecule has 0 bridgehead atoms. The standard InChI is InChI=1S/C25H23FN4O3/c1-32-20-10-11-21(24(15-20)33-2)22-16-23(30(29-22)19-8-6-17(26)7-9-19)25(31)28-14-12-18-5-3-4-13-27-18/h3-11,13,15-16H,12,14H2,1-2H3,(H,28,31). The first-order chi connectivity index (χ1) is 16.1. The second kappa shape index (κ2) is 9.95. The number of hydrogen-bond acceptors (Lipinski definition) is 5. The Bertz CT molecular complexity index is 1240. The van der Waals surface area contributed by atoms with Gasteiger partial charge < -0.3 is 14.8 Å². The van der Waals surface area contributed by atoms with Crippen LogP contribution in [0.4, 0.5) is 4.39 Å². The fraction of sp³-hybridized carbons (Fsp3) is 0.160. The first-order valence-electron chi connectivity index (χ1n) is 10.4. The van der Waals surface area contributed by atoms with E-state index >= 15 is 0 Å². The van der Waals surface area contributed by atoms with Crippen LogP contribution in [0.2, 0.25) is 0 Å². The maximum Gasteiger partial charge on any atom is 0.270 e. The van der Waals surface area contributed by atoms with Crippen LogP contribution in [0.3, 0.4) is 0 Å². The molecule has 0 unspecified atom stereocenters. The molecule has 4 rings (SSSR count). The summed E-state index contributed by atoms with van der Waals surface area (Å²) in [7, 11) is 3.13. The van der Waals surface area contributed by atoms with E-state index in [4.69, 9.17) is 9.47 Å². The van der Waals surface area contributed by atoms with Gasteiger partial charge in [0.15, 0.2) is 0 Å². The van der Waals surface area contributed by atoms with Crippen molar-refractivity contribution < 1.29 is 18.7 Å². The SMILES string of the molecule is COc1ccc(-c2cc(C(=O)NCCc3ccccn3)n(-c3ccc(F)cc3)n2)c(OC)c1. The minimum atomic E-state index is -0.371. The van der Waals surface area contributed by atoms with Crippen molar-refractivity contribution in [2.75, 3.05) is 20.8 Å². The number of carbonyl (C=O) groups is 1. The van der Waals surface area contributed by atoms with E-state index in [0.717, 1.165) is 5.69 Å². The molecule has 0 saturated carbocycles. The molecule has 8 heteroatoms. The van der Waals surface area contributed by atoms with E-state index in [9.17, 15) is 9.18 Å². The summed E-state index contributed by atoms with van der Waals surface area (Å²) in [6.45, 7) is 0.408. The topological polar surface area (TPSA) is 78.3 Å². The largest absolute Gasteiger partial charge is 0.497 e. The Hall–Kier alpha value is -4.20. The highest BCUT2D eigenvalue weighted by Gasteiger charge is 2.20. The minimum Gasteiger partial charge on any atom is -0.497 e. The molecular weight excluding hydrogens is 423 g/mol. The number of methoxy groups -OCH3 is 2. The normalized spacial score (nSPS) is 10.6. The van der Waals surface area contributed by atoms with Crippen LogP contribution in [0.1, 0.15) is 16.2 Å². The minimum absolute atomic E-state index is 0.304. The zero-order valence-electron chi connectivity index (χ0n) is 18.3. The summed E-state index contributed by atoms with van der Waals surface area (Å²) in [6, 6.07) is 18.5. The molecular formula is C25H23FN4O3. The van der Waals surface area contributed by atoms with Crippen molar-refractivity contribution in [1.82, 2.24) is 20.1 Å². The monoisotopic (exact) mass is 446 g/mol. The van der Waals surface area contributed by atoms with Crippen molar-refractivity contribution in [3.05, 3.63) is 90.1 Å². The van der Waals surface area contributed by atoms with E-state index in [-0.39, 0.29) is 11.7 Å². The summed E-state index contributed by atoms with van der Waals surface area (Å²) in [5.74, 6) is 0.520. The number of nitrogens with one attached hydrogen (secondary N) is 1. The number of aromatic nitrogens is 3. The van der Waals surface area contributed by atoms with E-state index in [1.807, 2.05) is 24.3 Å². The van der Waals surface area contributed by atoms with Gasteiger partial charge in [0.1, 0.15) is 23.0 Å². The molecule has 33 heavy (non-hydrogen) atoms. The molecule has 0 aliphatic rings. The third-order valence-electron chi connectivity index (χ3n) is 5.09. The highest BCUT2D eigenvalue weighted by Crippen LogP contribution is 2.33. The van der Waals surface area contributed by atoms with E-state index in [2.05, 4.69) is 15.4 Å². The Labute approximate surface area is 190 Å². The third-order valence-corrected chi connectivity index (χ3v) is 5.09. The number of nitrogens with zero attached hydrogens (tertiary/aromatic N) is 3. The molecule has 0 aliphatic carbocycles. The van der Waals surface area contributed by atoms with Crippen LogP contribution >= 0.6 is 0 Å². The van der Waals surface area contributed by atoms with E-state index in [0.29, 0.717) is 47.1 Å². The zero-order chi connectivity index (χ0) is 23.2. The fourth-order valence-electron chi connectivity index (χ4n) is 3.40. The van der Waals surface area contributed by atoms with Crippen LogP contribution in [0.15, 0.2) is 72.9 Å². The van der Waals surface area contributed by atoms with Gasteiger partial charge in [-0.05, 0) is 54.6 Å². The summed E-state index contributed by atoms with van der Waals surface area (Å²) >= 11 is 0. The average molecular weight is 446 g/mol. The second-order valence-electron chi connectivity index (χ2n) is 7.20. The van der Waals surface area contributed by atoms with Gasteiger partial charge >= 0.3 is 0 Å². The lowest BCUT2D eigenvalue weighted by molar-refractivity contribution is 0.0946. The molecule has 0 radical (unpaired) electrons. The lowest BCUT2D eigenvalue weighted by atomic mass is 10.1. The lowest BCUT2D eigenvalue weighted by Gasteiger charge is -2.09. The molecule has 2 aromatic heterocycles. The Morgan fingerprint density at radius 1 is 1.03 bits per heavy atom. The highest BCUT2D eigenvalue weighted by atomic mass is 19.1. The first-order valence-corrected chi connectivity index (χ1v) is 10.4. The van der Waals surface area contributed by atoms with Crippen LogP contribution in [0.25, 0.3) is 16.9 Å². The second-order valence-corrected chi connectivity index (χ2v) is 7.20. The van der Waals surface area contributed by atoms with Gasteiger partial charge in [0.25, 0.3) is 5.91 Å². The molecule has 0 saturated heterocycles. The van der Waals surface area contributed by atoms with Gasteiger partial charge in [-0.3, -0.25) is 9.78 Å². The molecule has 7 nitrogen and oxygen atoms in total. The number of carbonyl (C=O) groups excluding carboxylic acids is 1. The number of ether oxygens (including phenoxy) is 2. The molecule has 1 N–H and O–H groups in total. The van der Waals surface area contributed by atoms with Gasteiger partial charge in [-0.1, -0.05) is 6.07 Å². The Balaban J connectivity index is 1.67. The smallest absolute Gasteiger partial charge is 0.270 e. The number of benzene rings is 2. The molecule has 0 atom stereocenters.